The molecule has 0 unspecified atom stereocenters. The van der Waals surface area contributed by atoms with Gasteiger partial charge in [-0.25, -0.2) is 4.39 Å². The normalized spacial score (nSPS) is 17.4. The lowest BCUT2D eigenvalue weighted by Gasteiger charge is -1.96. The van der Waals surface area contributed by atoms with Gasteiger partial charge in [0.25, 0.3) is 0 Å². The predicted molar refractivity (Wildman–Crippen MR) is 47.3 cm³/mol. The molecule has 0 spiro atoms. The smallest absolute Gasteiger partial charge is 0.157 e. The highest BCUT2D eigenvalue weighted by Gasteiger charge is 2.21. The quantitative estimate of drug-likeness (QED) is 0.465. The largest absolute Gasteiger partial charge is 0.498 e. The zero-order valence-corrected chi connectivity index (χ0v) is 7.64. The Morgan fingerprint density at radius 3 is 2.67 bits per heavy atom. The van der Waals surface area contributed by atoms with Crippen LogP contribution in [0.25, 0.3) is 0 Å². The van der Waals surface area contributed by atoms with E-state index in [0.29, 0.717) is 12.5 Å². The maximum atomic E-state index is 12.8. The second-order valence-electron chi connectivity index (χ2n) is 3.50. The van der Waals surface area contributed by atoms with Crippen molar-refractivity contribution in [1.29, 1.82) is 0 Å². The van der Waals surface area contributed by atoms with Crippen molar-refractivity contribution in [3.05, 3.63) is 23.7 Å². The summed E-state index contributed by atoms with van der Waals surface area (Å²) in [6.07, 6.45) is 5.13. The van der Waals surface area contributed by atoms with Gasteiger partial charge in [0.05, 0.1) is 6.61 Å². The van der Waals surface area contributed by atoms with Gasteiger partial charge in [-0.15, -0.1) is 0 Å². The molecule has 1 aliphatic carbocycles. The van der Waals surface area contributed by atoms with E-state index in [0.717, 1.165) is 5.57 Å². The molecule has 0 heterocycles. The highest BCUT2D eigenvalue weighted by molar-refractivity contribution is 5.13. The molecule has 0 saturated heterocycles. The fourth-order valence-electron chi connectivity index (χ4n) is 0.858. The van der Waals surface area contributed by atoms with Crippen molar-refractivity contribution >= 4 is 0 Å². The van der Waals surface area contributed by atoms with E-state index in [4.69, 9.17) is 4.74 Å². The van der Waals surface area contributed by atoms with Gasteiger partial charge in [-0.3, -0.25) is 0 Å². The van der Waals surface area contributed by atoms with Crippen molar-refractivity contribution < 1.29 is 9.13 Å². The van der Waals surface area contributed by atoms with Gasteiger partial charge < -0.3 is 4.74 Å². The van der Waals surface area contributed by atoms with E-state index < -0.39 is 0 Å². The molecule has 1 nitrogen and oxygen atoms in total. The van der Waals surface area contributed by atoms with Crippen molar-refractivity contribution in [2.24, 2.45) is 5.92 Å². The number of rotatable bonds is 4. The Morgan fingerprint density at radius 2 is 2.17 bits per heavy atom. The lowest BCUT2D eigenvalue weighted by Crippen LogP contribution is -1.88. The topological polar surface area (TPSA) is 9.23 Å². The Bertz CT molecular complexity index is 198. The molecule has 0 atom stereocenters. The summed E-state index contributed by atoms with van der Waals surface area (Å²) in [5, 5.41) is 0. The van der Waals surface area contributed by atoms with Crippen LogP contribution in [0, 0.1) is 5.92 Å². The van der Waals surface area contributed by atoms with E-state index in [1.54, 1.807) is 0 Å². The fraction of sp³-hybridized carbons (Fsp3) is 0.600. The van der Waals surface area contributed by atoms with E-state index >= 15 is 0 Å². The average molecular weight is 170 g/mol. The molecule has 1 aliphatic rings. The van der Waals surface area contributed by atoms with Crippen molar-refractivity contribution in [2.45, 2.75) is 26.7 Å². The minimum atomic E-state index is -0.296. The molecule has 0 aromatic heterocycles. The number of hydrogen-bond acceptors (Lipinski definition) is 1. The highest BCUT2D eigenvalue weighted by Crippen LogP contribution is 2.28. The van der Waals surface area contributed by atoms with Crippen LogP contribution in [0.4, 0.5) is 4.39 Å². The monoisotopic (exact) mass is 170 g/mol. The van der Waals surface area contributed by atoms with Crippen molar-refractivity contribution in [1.82, 2.24) is 0 Å². The molecule has 0 aromatic rings. The molecule has 1 rings (SSSR count). The number of allylic oxidation sites excluding steroid dienone is 3. The summed E-state index contributed by atoms with van der Waals surface area (Å²) in [6, 6.07) is 0. The predicted octanol–water partition coefficient (Wildman–Crippen LogP) is 3.19. The Hall–Kier alpha value is -0.790. The van der Waals surface area contributed by atoms with Gasteiger partial charge in [0.2, 0.25) is 0 Å². The summed E-state index contributed by atoms with van der Waals surface area (Å²) in [4.78, 5) is 0. The van der Waals surface area contributed by atoms with Gasteiger partial charge in [0.1, 0.15) is 6.26 Å². The zero-order chi connectivity index (χ0) is 8.97. The van der Waals surface area contributed by atoms with Crippen molar-refractivity contribution in [3.63, 3.8) is 0 Å². The Kier molecular flexibility index (Phi) is 3.32. The average Bonchev–Trinajstić information content (AvgIpc) is 2.69. The zero-order valence-electron chi connectivity index (χ0n) is 7.64. The van der Waals surface area contributed by atoms with Crippen LogP contribution in [0.3, 0.4) is 0 Å². The van der Waals surface area contributed by atoms with Crippen LogP contribution in [-0.4, -0.2) is 6.61 Å². The van der Waals surface area contributed by atoms with Gasteiger partial charge in [0, 0.05) is 0 Å². The molecule has 68 valence electrons. The third kappa shape index (κ3) is 4.16. The SMILES string of the molecule is CC(C)=C/C(F)=C/OCC1CC1. The maximum absolute atomic E-state index is 12.8. The van der Waals surface area contributed by atoms with Crippen molar-refractivity contribution in [3.8, 4) is 0 Å². The van der Waals surface area contributed by atoms with Crippen LogP contribution in [-0.2, 0) is 4.74 Å². The van der Waals surface area contributed by atoms with Crippen molar-refractivity contribution in [2.75, 3.05) is 6.61 Å². The van der Waals surface area contributed by atoms with E-state index in [-0.39, 0.29) is 5.83 Å². The Labute approximate surface area is 72.9 Å². The molecular formula is C10H15FO. The molecule has 1 fully saturated rings. The molecule has 0 amide bonds. The lowest BCUT2D eigenvalue weighted by atomic mass is 10.3. The van der Waals surface area contributed by atoms with E-state index in [9.17, 15) is 4.39 Å². The van der Waals surface area contributed by atoms with Gasteiger partial charge in [0.15, 0.2) is 5.83 Å². The second kappa shape index (κ2) is 4.29. The standard InChI is InChI=1S/C10H15FO/c1-8(2)5-10(11)7-12-6-9-3-4-9/h5,7,9H,3-4,6H2,1-2H3/b10-7-. The van der Waals surface area contributed by atoms with Gasteiger partial charge >= 0.3 is 0 Å². The molecule has 1 saturated carbocycles. The van der Waals surface area contributed by atoms with E-state index in [1.807, 2.05) is 13.8 Å². The maximum Gasteiger partial charge on any atom is 0.157 e. The van der Waals surface area contributed by atoms with Crippen LogP contribution in [0.1, 0.15) is 26.7 Å². The molecule has 0 bridgehead atoms. The summed E-state index contributed by atoms with van der Waals surface area (Å²) >= 11 is 0. The van der Waals surface area contributed by atoms with E-state index in [2.05, 4.69) is 0 Å². The Balaban J connectivity index is 2.19. The summed E-state index contributed by atoms with van der Waals surface area (Å²) in [5.74, 6) is 0.386. The van der Waals surface area contributed by atoms with Crippen LogP contribution >= 0.6 is 0 Å². The summed E-state index contributed by atoms with van der Waals surface area (Å²) < 4.78 is 17.8. The minimum absolute atomic E-state index is 0.296. The fourth-order valence-corrected chi connectivity index (χ4v) is 0.858. The van der Waals surface area contributed by atoms with Crippen LogP contribution in [0.5, 0.6) is 0 Å². The molecule has 0 radical (unpaired) electrons. The first-order valence-corrected chi connectivity index (χ1v) is 4.30. The third-order valence-corrected chi connectivity index (χ3v) is 1.65. The highest BCUT2D eigenvalue weighted by atomic mass is 19.1. The molecule has 0 aliphatic heterocycles. The Morgan fingerprint density at radius 1 is 1.50 bits per heavy atom. The molecule has 0 N–H and O–H groups in total. The minimum Gasteiger partial charge on any atom is -0.498 e. The lowest BCUT2D eigenvalue weighted by molar-refractivity contribution is 0.227. The van der Waals surface area contributed by atoms with Crippen LogP contribution < -0.4 is 0 Å². The van der Waals surface area contributed by atoms with Crippen LogP contribution in [0.2, 0.25) is 0 Å². The third-order valence-electron chi connectivity index (χ3n) is 1.65. The first-order chi connectivity index (χ1) is 5.68. The molecule has 2 heteroatoms. The number of ether oxygens (including phenoxy) is 1. The van der Waals surface area contributed by atoms with Crippen LogP contribution in [0.15, 0.2) is 23.7 Å². The first kappa shape index (κ1) is 9.30. The summed E-state index contributed by atoms with van der Waals surface area (Å²) in [6.45, 7) is 4.38. The molecule has 0 aromatic carbocycles. The molecular weight excluding hydrogens is 155 g/mol. The van der Waals surface area contributed by atoms with E-state index in [1.165, 1.54) is 25.2 Å². The van der Waals surface area contributed by atoms with Gasteiger partial charge in [-0.05, 0) is 38.7 Å². The number of halogens is 1. The summed E-state index contributed by atoms with van der Waals surface area (Å²) in [7, 11) is 0. The number of hydrogen-bond donors (Lipinski definition) is 0. The van der Waals surface area contributed by atoms with Gasteiger partial charge in [-0.2, -0.15) is 0 Å². The first-order valence-electron chi connectivity index (χ1n) is 4.30. The molecule has 12 heavy (non-hydrogen) atoms. The summed E-state index contributed by atoms with van der Waals surface area (Å²) in [5.41, 5.74) is 0.943. The van der Waals surface area contributed by atoms with Gasteiger partial charge in [-0.1, -0.05) is 5.57 Å². The second-order valence-corrected chi connectivity index (χ2v) is 3.50.